The van der Waals surface area contributed by atoms with E-state index in [1.807, 2.05) is 0 Å². The number of esters is 1. The molecule has 0 spiro atoms. The number of cyclic esters (lactones) is 1. The Morgan fingerprint density at radius 3 is 2.75 bits per heavy atom. The average molecular weight is 347 g/mol. The van der Waals surface area contributed by atoms with E-state index in [1.165, 1.54) is 42.5 Å². The summed E-state index contributed by atoms with van der Waals surface area (Å²) in [7, 11) is 0. The first-order valence-corrected chi connectivity index (χ1v) is 7.04. The van der Waals surface area contributed by atoms with Crippen molar-refractivity contribution in [1.29, 1.82) is 0 Å². The maximum atomic E-state index is 13.2. The molecule has 6 nitrogen and oxygen atoms in total. The molecule has 1 aliphatic heterocycles. The zero-order chi connectivity index (χ0) is 17.3. The van der Waals surface area contributed by atoms with Crippen LogP contribution in [-0.4, -0.2) is 16.8 Å². The van der Waals surface area contributed by atoms with Crippen LogP contribution in [0.2, 0.25) is 5.02 Å². The molecule has 0 aliphatic carbocycles. The third-order valence-electron chi connectivity index (χ3n) is 3.16. The van der Waals surface area contributed by atoms with Gasteiger partial charge >= 0.3 is 5.97 Å². The number of benzene rings is 2. The Kier molecular flexibility index (Phi) is 4.09. The Hall–Kier alpha value is -3.06. The van der Waals surface area contributed by atoms with E-state index in [2.05, 4.69) is 4.99 Å². The molecule has 8 heteroatoms. The van der Waals surface area contributed by atoms with E-state index in [1.54, 1.807) is 6.07 Å². The molecule has 0 N–H and O–H groups in total. The van der Waals surface area contributed by atoms with Crippen molar-refractivity contribution in [2.45, 2.75) is 0 Å². The molecule has 0 atom stereocenters. The van der Waals surface area contributed by atoms with Gasteiger partial charge < -0.3 is 4.74 Å². The quantitative estimate of drug-likeness (QED) is 0.367. The Balaban J connectivity index is 2.01. The van der Waals surface area contributed by atoms with Gasteiger partial charge in [-0.05, 0) is 29.8 Å². The van der Waals surface area contributed by atoms with Crippen LogP contribution in [0.25, 0.3) is 6.08 Å². The summed E-state index contributed by atoms with van der Waals surface area (Å²) in [6, 6.07) is 9.30. The van der Waals surface area contributed by atoms with Crippen LogP contribution in [0.4, 0.5) is 10.1 Å². The topological polar surface area (TPSA) is 81.8 Å². The van der Waals surface area contributed by atoms with Crippen molar-refractivity contribution in [3.05, 3.63) is 80.2 Å². The van der Waals surface area contributed by atoms with Gasteiger partial charge in [0.15, 0.2) is 5.70 Å². The van der Waals surface area contributed by atoms with E-state index in [4.69, 9.17) is 16.3 Å². The molecule has 1 heterocycles. The number of nitrogens with zero attached hydrogens (tertiary/aromatic N) is 2. The smallest absolute Gasteiger partial charge is 0.363 e. The molecular formula is C16H8ClFN2O4. The van der Waals surface area contributed by atoms with Gasteiger partial charge in [-0.1, -0.05) is 23.7 Å². The van der Waals surface area contributed by atoms with Crippen LogP contribution in [0.15, 0.2) is 53.2 Å². The number of aliphatic imine (C=N–C) groups is 1. The van der Waals surface area contributed by atoms with Crippen molar-refractivity contribution < 1.29 is 18.8 Å². The molecule has 0 aromatic heterocycles. The van der Waals surface area contributed by atoms with Crippen LogP contribution in [0.5, 0.6) is 0 Å². The normalized spacial score (nSPS) is 15.3. The number of ether oxygens (including phenoxy) is 1. The van der Waals surface area contributed by atoms with Crippen LogP contribution in [0.3, 0.4) is 0 Å². The number of nitro groups is 1. The van der Waals surface area contributed by atoms with Crippen molar-refractivity contribution in [2.75, 3.05) is 0 Å². The van der Waals surface area contributed by atoms with Crippen LogP contribution in [-0.2, 0) is 9.53 Å². The van der Waals surface area contributed by atoms with E-state index in [-0.39, 0.29) is 27.9 Å². The number of carbonyl (C=O) groups is 1. The lowest BCUT2D eigenvalue weighted by molar-refractivity contribution is -0.384. The predicted molar refractivity (Wildman–Crippen MR) is 85.1 cm³/mol. The maximum Gasteiger partial charge on any atom is 0.363 e. The van der Waals surface area contributed by atoms with Gasteiger partial charge in [0.05, 0.1) is 15.5 Å². The first-order valence-electron chi connectivity index (χ1n) is 6.66. The summed E-state index contributed by atoms with van der Waals surface area (Å²) in [6.07, 6.45) is 1.35. The second-order valence-electron chi connectivity index (χ2n) is 4.81. The van der Waals surface area contributed by atoms with Crippen LogP contribution < -0.4 is 0 Å². The van der Waals surface area contributed by atoms with Gasteiger partial charge in [-0.25, -0.2) is 14.2 Å². The minimum Gasteiger partial charge on any atom is -0.402 e. The molecule has 24 heavy (non-hydrogen) atoms. The third-order valence-corrected chi connectivity index (χ3v) is 3.49. The van der Waals surface area contributed by atoms with E-state index in [0.717, 1.165) is 0 Å². The van der Waals surface area contributed by atoms with Gasteiger partial charge in [0.1, 0.15) is 5.82 Å². The summed E-state index contributed by atoms with van der Waals surface area (Å²) in [5.74, 6) is -1.35. The zero-order valence-corrected chi connectivity index (χ0v) is 12.7. The average Bonchev–Trinajstić information content (AvgIpc) is 2.88. The Bertz CT molecular complexity index is 924. The zero-order valence-electron chi connectivity index (χ0n) is 11.9. The number of carbonyl (C=O) groups excluding carboxylic acids is 1. The molecule has 1 aliphatic rings. The minimum absolute atomic E-state index is 0.0572. The highest BCUT2D eigenvalue weighted by atomic mass is 35.5. The SMILES string of the molecule is O=C1OC(c2cc([N+](=O)[O-])ccc2Cl)=N/C1=C/c1cccc(F)c1. The standard InChI is InChI=1S/C16H8ClFN2O4/c17-13-5-4-11(20(22)23)8-12(13)15-19-14(16(21)24-15)7-9-2-1-3-10(18)6-9/h1-8H/b14-7+. The molecule has 0 amide bonds. The first-order chi connectivity index (χ1) is 11.4. The summed E-state index contributed by atoms with van der Waals surface area (Å²) in [5.41, 5.74) is 0.285. The molecule has 3 rings (SSSR count). The van der Waals surface area contributed by atoms with Gasteiger partial charge in [-0.15, -0.1) is 0 Å². The lowest BCUT2D eigenvalue weighted by Gasteiger charge is -2.02. The van der Waals surface area contributed by atoms with Crippen LogP contribution >= 0.6 is 11.6 Å². The van der Waals surface area contributed by atoms with Crippen LogP contribution in [0, 0.1) is 15.9 Å². The molecule has 2 aromatic rings. The fraction of sp³-hybridized carbons (Fsp3) is 0. The van der Waals surface area contributed by atoms with E-state index in [9.17, 15) is 19.3 Å². The highest BCUT2D eigenvalue weighted by molar-refractivity contribution is 6.34. The second kappa shape index (κ2) is 6.21. The van der Waals surface area contributed by atoms with Crippen LogP contribution in [0.1, 0.15) is 11.1 Å². The van der Waals surface area contributed by atoms with Crippen molar-refractivity contribution in [1.82, 2.24) is 0 Å². The molecule has 0 unspecified atom stereocenters. The van der Waals surface area contributed by atoms with Crippen molar-refractivity contribution in [2.24, 2.45) is 4.99 Å². The number of hydrogen-bond acceptors (Lipinski definition) is 5. The van der Waals surface area contributed by atoms with Crippen molar-refractivity contribution >= 4 is 35.2 Å². The van der Waals surface area contributed by atoms with E-state index >= 15 is 0 Å². The summed E-state index contributed by atoms with van der Waals surface area (Å²) in [4.78, 5) is 26.2. The summed E-state index contributed by atoms with van der Waals surface area (Å²) in [5, 5.41) is 11.0. The lowest BCUT2D eigenvalue weighted by Crippen LogP contribution is -2.06. The first kappa shape index (κ1) is 15.8. The highest BCUT2D eigenvalue weighted by Gasteiger charge is 2.27. The molecular weight excluding hydrogens is 339 g/mol. The molecule has 0 saturated heterocycles. The van der Waals surface area contributed by atoms with E-state index < -0.39 is 16.7 Å². The van der Waals surface area contributed by atoms with E-state index in [0.29, 0.717) is 5.56 Å². The van der Waals surface area contributed by atoms with Crippen molar-refractivity contribution in [3.8, 4) is 0 Å². The molecule has 2 aromatic carbocycles. The maximum absolute atomic E-state index is 13.2. The fourth-order valence-corrected chi connectivity index (χ4v) is 2.27. The molecule has 120 valence electrons. The number of nitro benzene ring substituents is 1. The Morgan fingerprint density at radius 1 is 1.25 bits per heavy atom. The molecule has 0 fully saturated rings. The third kappa shape index (κ3) is 3.16. The number of hydrogen-bond donors (Lipinski definition) is 0. The van der Waals surface area contributed by atoms with Gasteiger partial charge in [0.25, 0.3) is 5.69 Å². The molecule has 0 saturated carbocycles. The molecule has 0 bridgehead atoms. The number of rotatable bonds is 3. The summed E-state index contributed by atoms with van der Waals surface area (Å²) in [6.45, 7) is 0. The number of non-ortho nitro benzene ring substituents is 1. The van der Waals surface area contributed by atoms with Gasteiger partial charge in [0.2, 0.25) is 5.90 Å². The van der Waals surface area contributed by atoms with Gasteiger partial charge in [-0.3, -0.25) is 10.1 Å². The molecule has 0 radical (unpaired) electrons. The highest BCUT2D eigenvalue weighted by Crippen LogP contribution is 2.27. The predicted octanol–water partition coefficient (Wildman–Crippen LogP) is 3.73. The fourth-order valence-electron chi connectivity index (χ4n) is 2.07. The monoisotopic (exact) mass is 346 g/mol. The Labute approximate surface area is 140 Å². The largest absolute Gasteiger partial charge is 0.402 e. The Morgan fingerprint density at radius 2 is 2.04 bits per heavy atom. The summed E-state index contributed by atoms with van der Waals surface area (Å²) < 4.78 is 18.2. The second-order valence-corrected chi connectivity index (χ2v) is 5.22. The lowest BCUT2D eigenvalue weighted by atomic mass is 10.2. The summed E-state index contributed by atoms with van der Waals surface area (Å²) >= 11 is 5.99. The number of halogens is 2. The van der Waals surface area contributed by atoms with Gasteiger partial charge in [-0.2, -0.15) is 0 Å². The van der Waals surface area contributed by atoms with Gasteiger partial charge in [0, 0.05) is 12.1 Å². The minimum atomic E-state index is -0.753. The van der Waals surface area contributed by atoms with Crippen molar-refractivity contribution in [3.63, 3.8) is 0 Å².